The summed E-state index contributed by atoms with van der Waals surface area (Å²) in [4.78, 5) is 13.7. The molecule has 0 aromatic heterocycles. The Morgan fingerprint density at radius 3 is 2.61 bits per heavy atom. The first-order chi connectivity index (χ1) is 8.33. The van der Waals surface area contributed by atoms with Crippen molar-refractivity contribution in [2.24, 2.45) is 5.92 Å². The van der Waals surface area contributed by atoms with E-state index in [0.29, 0.717) is 29.4 Å². The number of likely N-dealkylation sites (tertiary alicyclic amines) is 1. The van der Waals surface area contributed by atoms with Gasteiger partial charge in [-0.1, -0.05) is 25.4 Å². The Morgan fingerprint density at radius 2 is 2.11 bits per heavy atom. The molecule has 1 aromatic rings. The first-order valence-corrected chi connectivity index (χ1v) is 6.28. The van der Waals surface area contributed by atoms with Gasteiger partial charge in [0.1, 0.15) is 5.60 Å². The number of nitrogen functional groups attached to an aromatic ring is 1. The third-order valence-corrected chi connectivity index (χ3v) is 3.88. The van der Waals surface area contributed by atoms with Gasteiger partial charge in [-0.25, -0.2) is 0 Å². The van der Waals surface area contributed by atoms with E-state index in [-0.39, 0.29) is 11.8 Å². The average molecular weight is 269 g/mol. The lowest BCUT2D eigenvalue weighted by molar-refractivity contribution is -0.110. The topological polar surface area (TPSA) is 66.6 Å². The second-order valence-electron chi connectivity index (χ2n) is 5.16. The molecule has 0 atom stereocenters. The van der Waals surface area contributed by atoms with Crippen molar-refractivity contribution in [2.45, 2.75) is 19.4 Å². The summed E-state index contributed by atoms with van der Waals surface area (Å²) in [7, 11) is 0. The van der Waals surface area contributed by atoms with E-state index < -0.39 is 5.60 Å². The van der Waals surface area contributed by atoms with Gasteiger partial charge in [-0.2, -0.15) is 0 Å². The highest BCUT2D eigenvalue weighted by molar-refractivity contribution is 6.33. The van der Waals surface area contributed by atoms with Gasteiger partial charge >= 0.3 is 0 Å². The minimum absolute atomic E-state index is 0.122. The van der Waals surface area contributed by atoms with Gasteiger partial charge in [0.2, 0.25) is 0 Å². The van der Waals surface area contributed by atoms with Crippen LogP contribution in [0.1, 0.15) is 24.2 Å². The normalized spacial score (nSPS) is 17.7. The van der Waals surface area contributed by atoms with Crippen molar-refractivity contribution in [3.05, 3.63) is 28.8 Å². The first kappa shape index (κ1) is 13.2. The highest BCUT2D eigenvalue weighted by Gasteiger charge is 2.45. The number of nitrogens with two attached hydrogens (primary N) is 1. The van der Waals surface area contributed by atoms with E-state index >= 15 is 0 Å². The predicted octanol–water partition coefficient (Wildman–Crippen LogP) is 1.77. The van der Waals surface area contributed by atoms with Gasteiger partial charge in [-0.3, -0.25) is 4.79 Å². The molecule has 0 radical (unpaired) electrons. The Hall–Kier alpha value is -1.26. The fourth-order valence-corrected chi connectivity index (χ4v) is 2.10. The van der Waals surface area contributed by atoms with Crippen LogP contribution in [-0.4, -0.2) is 34.6 Å². The van der Waals surface area contributed by atoms with Crippen LogP contribution in [0, 0.1) is 5.92 Å². The van der Waals surface area contributed by atoms with Crippen LogP contribution in [0.5, 0.6) is 0 Å². The van der Waals surface area contributed by atoms with E-state index in [0.717, 1.165) is 0 Å². The molecule has 0 bridgehead atoms. The summed E-state index contributed by atoms with van der Waals surface area (Å²) >= 11 is 5.81. The first-order valence-electron chi connectivity index (χ1n) is 5.90. The Labute approximate surface area is 111 Å². The third kappa shape index (κ3) is 2.18. The molecule has 0 spiro atoms. The average Bonchev–Trinajstić information content (AvgIpc) is 2.27. The Kier molecular flexibility index (Phi) is 3.25. The molecule has 2 rings (SSSR count). The summed E-state index contributed by atoms with van der Waals surface area (Å²) in [6.45, 7) is 4.63. The number of carbonyl (C=O) groups excluding carboxylic acids is 1. The molecule has 1 amide bonds. The SMILES string of the molecule is CC(C)C1(O)CN(C(=O)c2ccc(Cl)c(N)c2)C1. The molecule has 5 heteroatoms. The molecule has 1 aliphatic rings. The van der Waals surface area contributed by atoms with Gasteiger partial charge in [0.25, 0.3) is 5.91 Å². The predicted molar refractivity (Wildman–Crippen MR) is 71.6 cm³/mol. The zero-order valence-corrected chi connectivity index (χ0v) is 11.2. The molecule has 1 heterocycles. The third-order valence-electron chi connectivity index (χ3n) is 3.53. The Morgan fingerprint density at radius 1 is 1.50 bits per heavy atom. The van der Waals surface area contributed by atoms with E-state index in [4.69, 9.17) is 17.3 Å². The van der Waals surface area contributed by atoms with Crippen LogP contribution in [0.4, 0.5) is 5.69 Å². The maximum Gasteiger partial charge on any atom is 0.254 e. The molecule has 1 aromatic carbocycles. The van der Waals surface area contributed by atoms with E-state index in [1.807, 2.05) is 13.8 Å². The van der Waals surface area contributed by atoms with E-state index in [1.54, 1.807) is 23.1 Å². The van der Waals surface area contributed by atoms with Crippen molar-refractivity contribution in [1.29, 1.82) is 0 Å². The number of anilines is 1. The number of benzene rings is 1. The number of aliphatic hydroxyl groups is 1. The lowest BCUT2D eigenvalue weighted by Crippen LogP contribution is -2.65. The summed E-state index contributed by atoms with van der Waals surface area (Å²) < 4.78 is 0. The van der Waals surface area contributed by atoms with Gasteiger partial charge in [0.15, 0.2) is 0 Å². The highest BCUT2D eigenvalue weighted by Crippen LogP contribution is 2.30. The number of nitrogens with zero attached hydrogens (tertiary/aromatic N) is 1. The number of carbonyl (C=O) groups is 1. The summed E-state index contributed by atoms with van der Waals surface area (Å²) in [5.41, 5.74) is 5.80. The second-order valence-corrected chi connectivity index (χ2v) is 5.56. The molecule has 1 aliphatic heterocycles. The number of rotatable bonds is 2. The van der Waals surface area contributed by atoms with Crippen molar-refractivity contribution in [3.63, 3.8) is 0 Å². The monoisotopic (exact) mass is 268 g/mol. The number of hydrogen-bond donors (Lipinski definition) is 2. The summed E-state index contributed by atoms with van der Waals surface area (Å²) in [6, 6.07) is 4.82. The highest BCUT2D eigenvalue weighted by atomic mass is 35.5. The maximum atomic E-state index is 12.1. The van der Waals surface area contributed by atoms with Gasteiger partial charge in [-0.15, -0.1) is 0 Å². The van der Waals surface area contributed by atoms with Gasteiger partial charge in [0.05, 0.1) is 23.8 Å². The number of hydrogen-bond acceptors (Lipinski definition) is 3. The fourth-order valence-electron chi connectivity index (χ4n) is 1.98. The van der Waals surface area contributed by atoms with E-state index in [9.17, 15) is 9.90 Å². The summed E-state index contributed by atoms with van der Waals surface area (Å²) in [6.07, 6.45) is 0. The molecule has 1 saturated heterocycles. The van der Waals surface area contributed by atoms with Crippen LogP contribution in [0.15, 0.2) is 18.2 Å². The molecule has 4 nitrogen and oxygen atoms in total. The molecular formula is C13H17ClN2O2. The number of halogens is 1. The van der Waals surface area contributed by atoms with Gasteiger partial charge < -0.3 is 15.7 Å². The second kappa shape index (κ2) is 4.44. The van der Waals surface area contributed by atoms with Crippen LogP contribution >= 0.6 is 11.6 Å². The van der Waals surface area contributed by atoms with E-state index in [2.05, 4.69) is 0 Å². The van der Waals surface area contributed by atoms with Crippen molar-refractivity contribution in [3.8, 4) is 0 Å². The lowest BCUT2D eigenvalue weighted by atomic mass is 9.82. The molecule has 0 aliphatic carbocycles. The molecule has 98 valence electrons. The smallest absolute Gasteiger partial charge is 0.254 e. The van der Waals surface area contributed by atoms with Crippen LogP contribution < -0.4 is 5.73 Å². The zero-order valence-electron chi connectivity index (χ0n) is 10.5. The van der Waals surface area contributed by atoms with Gasteiger partial charge in [0, 0.05) is 5.56 Å². The molecule has 18 heavy (non-hydrogen) atoms. The summed E-state index contributed by atoms with van der Waals surface area (Å²) in [5, 5.41) is 10.6. The fraction of sp³-hybridized carbons (Fsp3) is 0.462. The van der Waals surface area contributed by atoms with Crippen LogP contribution in [-0.2, 0) is 0 Å². The van der Waals surface area contributed by atoms with Crippen molar-refractivity contribution >= 4 is 23.2 Å². The number of β-amino-alcohol motifs (C(OH)–C–C–N with tert-alkyl or cyclic N) is 1. The maximum absolute atomic E-state index is 12.1. The van der Waals surface area contributed by atoms with Crippen LogP contribution in [0.25, 0.3) is 0 Å². The molecule has 0 unspecified atom stereocenters. The minimum atomic E-state index is -0.756. The van der Waals surface area contributed by atoms with Crippen molar-refractivity contribution in [2.75, 3.05) is 18.8 Å². The van der Waals surface area contributed by atoms with Crippen LogP contribution in [0.2, 0.25) is 5.02 Å². The van der Waals surface area contributed by atoms with Crippen LogP contribution in [0.3, 0.4) is 0 Å². The quantitative estimate of drug-likeness (QED) is 0.804. The van der Waals surface area contributed by atoms with Crippen molar-refractivity contribution in [1.82, 2.24) is 4.90 Å². The van der Waals surface area contributed by atoms with E-state index in [1.165, 1.54) is 0 Å². The Balaban J connectivity index is 2.08. The molecule has 3 N–H and O–H groups in total. The molecule has 1 fully saturated rings. The Bertz CT molecular complexity index is 482. The summed E-state index contributed by atoms with van der Waals surface area (Å²) in [5.74, 6) is 0.0144. The molecule has 0 saturated carbocycles. The lowest BCUT2D eigenvalue weighted by Gasteiger charge is -2.49. The molecular weight excluding hydrogens is 252 g/mol. The standard InChI is InChI=1S/C13H17ClN2O2/c1-8(2)13(18)6-16(7-13)12(17)9-3-4-10(14)11(15)5-9/h3-5,8,18H,6-7,15H2,1-2H3. The van der Waals surface area contributed by atoms with Gasteiger partial charge in [-0.05, 0) is 24.1 Å². The zero-order chi connectivity index (χ0) is 13.5. The largest absolute Gasteiger partial charge is 0.398 e. The number of amides is 1. The minimum Gasteiger partial charge on any atom is -0.398 e. The van der Waals surface area contributed by atoms with Crippen molar-refractivity contribution < 1.29 is 9.90 Å².